The van der Waals surface area contributed by atoms with Gasteiger partial charge in [-0.15, -0.1) is 0 Å². The van der Waals surface area contributed by atoms with Gasteiger partial charge in [0.25, 0.3) is 0 Å². The molecule has 0 heterocycles. The molecule has 0 radical (unpaired) electrons. The molecule has 2 saturated carbocycles. The summed E-state index contributed by atoms with van der Waals surface area (Å²) < 4.78 is 5.66. The first-order chi connectivity index (χ1) is 14.4. The van der Waals surface area contributed by atoms with E-state index in [1.807, 2.05) is 38.1 Å². The van der Waals surface area contributed by atoms with Crippen LogP contribution in [-0.4, -0.2) is 29.8 Å². The quantitative estimate of drug-likeness (QED) is 0.766. The van der Waals surface area contributed by atoms with Gasteiger partial charge in [-0.3, -0.25) is 4.79 Å². The summed E-state index contributed by atoms with van der Waals surface area (Å²) in [6.07, 6.45) is 1.69. The van der Waals surface area contributed by atoms with Crippen molar-refractivity contribution in [2.45, 2.75) is 45.1 Å². The number of carbonyl (C=O) groups excluding carboxylic acids is 1. The van der Waals surface area contributed by atoms with E-state index in [9.17, 15) is 14.7 Å². The number of alkyl carbamates (subject to hydrolysis) is 1. The number of benzene rings is 2. The Morgan fingerprint density at radius 1 is 1.07 bits per heavy atom. The summed E-state index contributed by atoms with van der Waals surface area (Å²) in [7, 11) is 0. The predicted molar refractivity (Wildman–Crippen MR) is 113 cm³/mol. The molecule has 3 aliphatic rings. The molecular formula is C25H27NO4. The van der Waals surface area contributed by atoms with Gasteiger partial charge in [0.15, 0.2) is 0 Å². The standard InChI is InChI=1S/C25H27NO4/c1-24(2)15-11-12-25(24,22(27)28)21(13-15)26-23(29)30-14-20-18-9-5-3-7-16(18)17-8-4-6-10-19(17)20/h3-10,15,20-21H,11-14H2,1-2H3,(H,26,29)(H,27,28). The van der Waals surface area contributed by atoms with Gasteiger partial charge in [0.2, 0.25) is 0 Å². The van der Waals surface area contributed by atoms with Crippen LogP contribution < -0.4 is 5.32 Å². The van der Waals surface area contributed by atoms with E-state index in [1.54, 1.807) is 0 Å². The minimum Gasteiger partial charge on any atom is -0.481 e. The van der Waals surface area contributed by atoms with Crippen LogP contribution in [-0.2, 0) is 9.53 Å². The van der Waals surface area contributed by atoms with E-state index in [0.29, 0.717) is 18.8 Å². The Labute approximate surface area is 176 Å². The smallest absolute Gasteiger partial charge is 0.407 e. The van der Waals surface area contributed by atoms with Gasteiger partial charge < -0.3 is 15.2 Å². The van der Waals surface area contributed by atoms with E-state index in [1.165, 1.54) is 11.1 Å². The third-order valence-corrected chi connectivity index (χ3v) is 8.19. The largest absolute Gasteiger partial charge is 0.481 e. The van der Waals surface area contributed by atoms with Crippen molar-refractivity contribution >= 4 is 12.1 Å². The molecule has 2 fully saturated rings. The Kier molecular flexibility index (Phi) is 4.21. The van der Waals surface area contributed by atoms with Crippen LogP contribution in [0, 0.1) is 16.7 Å². The van der Waals surface area contributed by atoms with Crippen LogP contribution in [0.5, 0.6) is 0 Å². The van der Waals surface area contributed by atoms with E-state index >= 15 is 0 Å². The molecule has 0 spiro atoms. The highest BCUT2D eigenvalue weighted by Gasteiger charge is 2.68. The molecule has 3 atom stereocenters. The molecule has 5 rings (SSSR count). The molecule has 0 aromatic heterocycles. The Bertz CT molecular complexity index is 984. The van der Waals surface area contributed by atoms with Crippen molar-refractivity contribution < 1.29 is 19.4 Å². The number of carbonyl (C=O) groups is 2. The molecule has 156 valence electrons. The molecule has 2 bridgehead atoms. The first-order valence-corrected chi connectivity index (χ1v) is 10.7. The molecule has 3 unspecified atom stereocenters. The minimum absolute atomic E-state index is 0.00643. The zero-order chi connectivity index (χ0) is 21.1. The summed E-state index contributed by atoms with van der Waals surface area (Å²) in [5, 5.41) is 13.0. The molecule has 3 aliphatic carbocycles. The summed E-state index contributed by atoms with van der Waals surface area (Å²) >= 11 is 0. The number of aliphatic carboxylic acids is 1. The number of rotatable bonds is 4. The second kappa shape index (κ2) is 6.59. The topological polar surface area (TPSA) is 75.6 Å². The normalized spacial score (nSPS) is 28.1. The lowest BCUT2D eigenvalue weighted by molar-refractivity contribution is -0.155. The van der Waals surface area contributed by atoms with Crippen molar-refractivity contribution in [3.8, 4) is 11.1 Å². The highest BCUT2D eigenvalue weighted by molar-refractivity contribution is 5.81. The van der Waals surface area contributed by atoms with Crippen LogP contribution in [0.15, 0.2) is 48.5 Å². The third-order valence-electron chi connectivity index (χ3n) is 8.19. The van der Waals surface area contributed by atoms with Gasteiger partial charge in [-0.05, 0) is 52.8 Å². The van der Waals surface area contributed by atoms with Crippen molar-refractivity contribution in [1.82, 2.24) is 5.32 Å². The third kappa shape index (κ3) is 2.47. The molecule has 0 aliphatic heterocycles. The number of carboxylic acids is 1. The number of hydrogen-bond donors (Lipinski definition) is 2. The Morgan fingerprint density at radius 3 is 2.23 bits per heavy atom. The van der Waals surface area contributed by atoms with Gasteiger partial charge in [-0.2, -0.15) is 0 Å². The van der Waals surface area contributed by atoms with E-state index in [4.69, 9.17) is 4.74 Å². The summed E-state index contributed by atoms with van der Waals surface area (Å²) in [5.41, 5.74) is 3.44. The highest BCUT2D eigenvalue weighted by Crippen LogP contribution is 2.65. The van der Waals surface area contributed by atoms with Gasteiger partial charge in [0.1, 0.15) is 6.61 Å². The number of hydrogen-bond acceptors (Lipinski definition) is 3. The maximum atomic E-state index is 12.7. The fourth-order valence-electron chi connectivity index (χ4n) is 6.47. The van der Waals surface area contributed by atoms with E-state index < -0.39 is 17.5 Å². The fraction of sp³-hybridized carbons (Fsp3) is 0.440. The molecule has 30 heavy (non-hydrogen) atoms. The van der Waals surface area contributed by atoms with E-state index in [0.717, 1.165) is 17.5 Å². The predicted octanol–water partition coefficient (Wildman–Crippen LogP) is 4.80. The molecule has 5 nitrogen and oxygen atoms in total. The van der Waals surface area contributed by atoms with Crippen molar-refractivity contribution in [2.24, 2.45) is 16.7 Å². The number of carboxylic acid groups (broad SMARTS) is 1. The lowest BCUT2D eigenvalue weighted by atomic mass is 9.67. The summed E-state index contributed by atoms with van der Waals surface area (Å²) in [6, 6.07) is 16.0. The average Bonchev–Trinajstić information content (AvgIpc) is 3.27. The molecule has 0 saturated heterocycles. The maximum absolute atomic E-state index is 12.7. The van der Waals surface area contributed by atoms with Crippen LogP contribution in [0.1, 0.15) is 50.2 Å². The van der Waals surface area contributed by atoms with Gasteiger partial charge in [0, 0.05) is 12.0 Å². The summed E-state index contributed by atoms with van der Waals surface area (Å²) in [6.45, 7) is 4.29. The van der Waals surface area contributed by atoms with Crippen molar-refractivity contribution in [2.75, 3.05) is 6.61 Å². The molecule has 2 aromatic rings. The lowest BCUT2D eigenvalue weighted by Crippen LogP contribution is -2.53. The zero-order valence-electron chi connectivity index (χ0n) is 17.4. The van der Waals surface area contributed by atoms with Crippen LogP contribution in [0.4, 0.5) is 4.79 Å². The Morgan fingerprint density at radius 2 is 1.67 bits per heavy atom. The molecular weight excluding hydrogens is 378 g/mol. The first kappa shape index (κ1) is 19.2. The van der Waals surface area contributed by atoms with Gasteiger partial charge in [-0.25, -0.2) is 4.79 Å². The summed E-state index contributed by atoms with van der Waals surface area (Å²) in [4.78, 5) is 24.9. The van der Waals surface area contributed by atoms with Crippen LogP contribution >= 0.6 is 0 Å². The lowest BCUT2D eigenvalue weighted by Gasteiger charge is -2.38. The van der Waals surface area contributed by atoms with Crippen LogP contribution in [0.25, 0.3) is 11.1 Å². The van der Waals surface area contributed by atoms with Crippen molar-refractivity contribution in [3.63, 3.8) is 0 Å². The summed E-state index contributed by atoms with van der Waals surface area (Å²) in [5.74, 6) is -0.503. The highest BCUT2D eigenvalue weighted by atomic mass is 16.5. The number of fused-ring (bicyclic) bond motifs is 5. The first-order valence-electron chi connectivity index (χ1n) is 10.7. The molecule has 5 heteroatoms. The van der Waals surface area contributed by atoms with Crippen molar-refractivity contribution in [1.29, 1.82) is 0 Å². The SMILES string of the molecule is CC1(C)C2CCC1(C(=O)O)C(NC(=O)OCC1c3ccccc3-c3ccccc31)C2. The molecule has 1 amide bonds. The van der Waals surface area contributed by atoms with Crippen molar-refractivity contribution in [3.05, 3.63) is 59.7 Å². The maximum Gasteiger partial charge on any atom is 0.407 e. The zero-order valence-corrected chi connectivity index (χ0v) is 17.4. The van der Waals surface area contributed by atoms with Gasteiger partial charge in [-0.1, -0.05) is 62.4 Å². The molecule has 2 aromatic carbocycles. The Hall–Kier alpha value is -2.82. The van der Waals surface area contributed by atoms with Crippen LogP contribution in [0.2, 0.25) is 0 Å². The van der Waals surface area contributed by atoms with Gasteiger partial charge >= 0.3 is 12.1 Å². The second-order valence-electron chi connectivity index (χ2n) is 9.49. The number of amides is 1. The fourth-order valence-corrected chi connectivity index (χ4v) is 6.47. The van der Waals surface area contributed by atoms with Crippen LogP contribution in [0.3, 0.4) is 0 Å². The minimum atomic E-state index is -0.913. The number of nitrogens with one attached hydrogen (secondary N) is 1. The monoisotopic (exact) mass is 405 g/mol. The number of ether oxygens (including phenoxy) is 1. The van der Waals surface area contributed by atoms with E-state index in [-0.39, 0.29) is 24.0 Å². The van der Waals surface area contributed by atoms with Gasteiger partial charge in [0.05, 0.1) is 5.41 Å². The second-order valence-corrected chi connectivity index (χ2v) is 9.49. The van der Waals surface area contributed by atoms with E-state index in [2.05, 4.69) is 29.6 Å². The average molecular weight is 405 g/mol. The Balaban J connectivity index is 1.32. The molecule has 2 N–H and O–H groups in total.